The third-order valence-electron chi connectivity index (χ3n) is 4.06. The van der Waals surface area contributed by atoms with Gasteiger partial charge in [0.1, 0.15) is 0 Å². The van der Waals surface area contributed by atoms with Gasteiger partial charge in [-0.15, -0.1) is 0 Å². The molecular weight excluding hydrogens is 228 g/mol. The van der Waals surface area contributed by atoms with Crippen LogP contribution in [0.4, 0.5) is 5.95 Å². The van der Waals surface area contributed by atoms with Crippen LogP contribution in [0, 0.1) is 0 Å². The molecule has 2 atom stereocenters. The molecule has 1 N–H and O–H groups in total. The van der Waals surface area contributed by atoms with Crippen LogP contribution in [0.2, 0.25) is 0 Å². The first-order valence-electron chi connectivity index (χ1n) is 6.79. The quantitative estimate of drug-likeness (QED) is 0.826. The van der Waals surface area contributed by atoms with Crippen LogP contribution in [0.5, 0.6) is 0 Å². The van der Waals surface area contributed by atoms with Gasteiger partial charge >= 0.3 is 0 Å². The molecule has 0 spiro atoms. The number of rotatable bonds is 2. The Labute approximate surface area is 107 Å². The van der Waals surface area contributed by atoms with Crippen molar-refractivity contribution in [1.82, 2.24) is 14.9 Å². The van der Waals surface area contributed by atoms with Crippen molar-refractivity contribution in [2.24, 2.45) is 0 Å². The maximum absolute atomic E-state index is 9.94. The lowest BCUT2D eigenvalue weighted by molar-refractivity contribution is 0.0670. The predicted molar refractivity (Wildman–Crippen MR) is 69.5 cm³/mol. The molecule has 0 bridgehead atoms. The molecule has 0 amide bonds. The van der Waals surface area contributed by atoms with E-state index in [9.17, 15) is 5.11 Å². The van der Waals surface area contributed by atoms with E-state index in [0.717, 1.165) is 51.4 Å². The van der Waals surface area contributed by atoms with Gasteiger partial charge in [0.05, 0.1) is 6.10 Å². The monoisotopic (exact) mass is 248 g/mol. The Morgan fingerprint density at radius 1 is 1.06 bits per heavy atom. The van der Waals surface area contributed by atoms with Crippen LogP contribution < -0.4 is 4.90 Å². The zero-order chi connectivity index (χ0) is 12.4. The van der Waals surface area contributed by atoms with E-state index in [2.05, 4.69) is 19.8 Å². The van der Waals surface area contributed by atoms with E-state index in [1.807, 2.05) is 6.07 Å². The minimum absolute atomic E-state index is 0.121. The Balaban J connectivity index is 1.58. The second kappa shape index (κ2) is 5.20. The van der Waals surface area contributed by atoms with Crippen LogP contribution in [0.15, 0.2) is 18.5 Å². The highest BCUT2D eigenvalue weighted by molar-refractivity contribution is 5.29. The zero-order valence-corrected chi connectivity index (χ0v) is 10.6. The smallest absolute Gasteiger partial charge is 0.225 e. The van der Waals surface area contributed by atoms with Crippen molar-refractivity contribution in [3.8, 4) is 0 Å². The van der Waals surface area contributed by atoms with Crippen molar-refractivity contribution in [1.29, 1.82) is 0 Å². The maximum Gasteiger partial charge on any atom is 0.225 e. The highest BCUT2D eigenvalue weighted by atomic mass is 16.3. The molecule has 18 heavy (non-hydrogen) atoms. The fraction of sp³-hybridized carbons (Fsp3) is 0.692. The lowest BCUT2D eigenvalue weighted by atomic mass is 10.1. The Morgan fingerprint density at radius 2 is 1.78 bits per heavy atom. The molecule has 1 saturated heterocycles. The third-order valence-corrected chi connectivity index (χ3v) is 4.06. The van der Waals surface area contributed by atoms with E-state index < -0.39 is 0 Å². The van der Waals surface area contributed by atoms with Gasteiger partial charge in [-0.25, -0.2) is 9.97 Å². The molecule has 0 unspecified atom stereocenters. The molecule has 98 valence electrons. The Bertz CT molecular complexity index is 378. The molecule has 1 aliphatic heterocycles. The van der Waals surface area contributed by atoms with Crippen molar-refractivity contribution in [3.63, 3.8) is 0 Å². The molecule has 2 aliphatic rings. The van der Waals surface area contributed by atoms with E-state index in [-0.39, 0.29) is 6.10 Å². The van der Waals surface area contributed by atoms with Crippen molar-refractivity contribution in [2.45, 2.75) is 31.4 Å². The molecule has 5 heteroatoms. The van der Waals surface area contributed by atoms with E-state index in [0.29, 0.717) is 6.04 Å². The third kappa shape index (κ3) is 2.33. The molecular formula is C13H20N4O. The first-order valence-corrected chi connectivity index (χ1v) is 6.79. The molecule has 1 aromatic rings. The van der Waals surface area contributed by atoms with E-state index in [4.69, 9.17) is 0 Å². The van der Waals surface area contributed by atoms with Crippen molar-refractivity contribution in [2.75, 3.05) is 31.1 Å². The lowest BCUT2D eigenvalue weighted by Crippen LogP contribution is -2.52. The first-order chi connectivity index (χ1) is 8.84. The van der Waals surface area contributed by atoms with Gasteiger partial charge in [-0.05, 0) is 25.3 Å². The standard InChI is InChI=1S/C13H20N4O/c18-12-4-1-3-11(12)16-7-9-17(10-8-16)13-14-5-2-6-15-13/h2,5-6,11-12,18H,1,3-4,7-10H2/t11-,12-/m1/s1. The minimum Gasteiger partial charge on any atom is -0.391 e. The van der Waals surface area contributed by atoms with Gasteiger partial charge in [-0.3, -0.25) is 4.90 Å². The Hall–Kier alpha value is -1.20. The second-order valence-corrected chi connectivity index (χ2v) is 5.14. The molecule has 1 aromatic heterocycles. The molecule has 0 radical (unpaired) electrons. The number of hydrogen-bond donors (Lipinski definition) is 1. The number of aromatic nitrogens is 2. The highest BCUT2D eigenvalue weighted by Gasteiger charge is 2.32. The fourth-order valence-corrected chi connectivity index (χ4v) is 3.05. The summed E-state index contributed by atoms with van der Waals surface area (Å²) in [4.78, 5) is 13.2. The number of aliphatic hydroxyl groups is 1. The van der Waals surface area contributed by atoms with Crippen molar-refractivity contribution < 1.29 is 5.11 Å². The van der Waals surface area contributed by atoms with Crippen LogP contribution in [0.3, 0.4) is 0 Å². The summed E-state index contributed by atoms with van der Waals surface area (Å²) in [5, 5.41) is 9.94. The molecule has 2 fully saturated rings. The molecule has 3 rings (SSSR count). The fourth-order valence-electron chi connectivity index (χ4n) is 3.05. The molecule has 1 saturated carbocycles. The van der Waals surface area contributed by atoms with Crippen LogP contribution >= 0.6 is 0 Å². The van der Waals surface area contributed by atoms with Gasteiger partial charge < -0.3 is 10.0 Å². The van der Waals surface area contributed by atoms with Crippen LogP contribution in [0.25, 0.3) is 0 Å². The molecule has 0 aromatic carbocycles. The number of hydrogen-bond acceptors (Lipinski definition) is 5. The average molecular weight is 248 g/mol. The SMILES string of the molecule is O[C@@H]1CCC[C@H]1N1CCN(c2ncccn2)CC1. The predicted octanol–water partition coefficient (Wildman–Crippen LogP) is 0.512. The molecule has 1 aliphatic carbocycles. The number of piperazine rings is 1. The Morgan fingerprint density at radius 3 is 2.39 bits per heavy atom. The van der Waals surface area contributed by atoms with Gasteiger partial charge in [0.25, 0.3) is 0 Å². The highest BCUT2D eigenvalue weighted by Crippen LogP contribution is 2.25. The largest absolute Gasteiger partial charge is 0.391 e. The average Bonchev–Trinajstić information content (AvgIpc) is 2.86. The molecule has 2 heterocycles. The normalized spacial score (nSPS) is 29.7. The summed E-state index contributed by atoms with van der Waals surface area (Å²) in [5.74, 6) is 0.823. The van der Waals surface area contributed by atoms with E-state index in [1.165, 1.54) is 0 Å². The number of anilines is 1. The summed E-state index contributed by atoms with van der Waals surface area (Å²) in [5.41, 5.74) is 0. The second-order valence-electron chi connectivity index (χ2n) is 5.14. The van der Waals surface area contributed by atoms with E-state index in [1.54, 1.807) is 12.4 Å². The van der Waals surface area contributed by atoms with Crippen molar-refractivity contribution in [3.05, 3.63) is 18.5 Å². The van der Waals surface area contributed by atoms with E-state index >= 15 is 0 Å². The Kier molecular flexibility index (Phi) is 3.43. The summed E-state index contributed by atoms with van der Waals surface area (Å²) >= 11 is 0. The minimum atomic E-state index is -0.121. The van der Waals surface area contributed by atoms with Crippen molar-refractivity contribution >= 4 is 5.95 Å². The summed E-state index contributed by atoms with van der Waals surface area (Å²) in [6.07, 6.45) is 6.72. The van der Waals surface area contributed by atoms with Gasteiger partial charge in [0.15, 0.2) is 0 Å². The number of aliphatic hydroxyl groups excluding tert-OH is 1. The van der Waals surface area contributed by atoms with Crippen LogP contribution in [-0.2, 0) is 0 Å². The van der Waals surface area contributed by atoms with Crippen LogP contribution in [-0.4, -0.2) is 58.3 Å². The summed E-state index contributed by atoms with van der Waals surface area (Å²) in [6, 6.07) is 2.22. The lowest BCUT2D eigenvalue weighted by Gasteiger charge is -2.39. The van der Waals surface area contributed by atoms with Gasteiger partial charge in [-0.2, -0.15) is 0 Å². The van der Waals surface area contributed by atoms with Gasteiger partial charge in [0, 0.05) is 44.6 Å². The maximum atomic E-state index is 9.94. The summed E-state index contributed by atoms with van der Waals surface area (Å²) < 4.78 is 0. The number of nitrogens with zero attached hydrogens (tertiary/aromatic N) is 4. The summed E-state index contributed by atoms with van der Waals surface area (Å²) in [6.45, 7) is 3.90. The van der Waals surface area contributed by atoms with Crippen LogP contribution in [0.1, 0.15) is 19.3 Å². The topological polar surface area (TPSA) is 52.5 Å². The zero-order valence-electron chi connectivity index (χ0n) is 10.6. The van der Waals surface area contributed by atoms with Gasteiger partial charge in [0.2, 0.25) is 5.95 Å². The van der Waals surface area contributed by atoms with Gasteiger partial charge in [-0.1, -0.05) is 0 Å². The first kappa shape index (κ1) is 11.9. The summed E-state index contributed by atoms with van der Waals surface area (Å²) in [7, 11) is 0. The molecule has 5 nitrogen and oxygen atoms in total.